The van der Waals surface area contributed by atoms with Crippen LogP contribution in [0, 0.1) is 0 Å². The fraction of sp³-hybridized carbons (Fsp3) is 0.500. The molecule has 0 bridgehead atoms. The van der Waals surface area contributed by atoms with Crippen LogP contribution in [0.3, 0.4) is 0 Å². The van der Waals surface area contributed by atoms with Crippen molar-refractivity contribution in [2.45, 2.75) is 19.8 Å². The summed E-state index contributed by atoms with van der Waals surface area (Å²) in [5.74, 6) is 2.02. The van der Waals surface area contributed by atoms with Gasteiger partial charge in [-0.25, -0.2) is 0 Å². The summed E-state index contributed by atoms with van der Waals surface area (Å²) in [5, 5.41) is 0. The molecule has 16 heavy (non-hydrogen) atoms. The van der Waals surface area contributed by atoms with E-state index in [1.54, 1.807) is 14.2 Å². The highest BCUT2D eigenvalue weighted by Crippen LogP contribution is 2.39. The number of rotatable bonds is 6. The molecule has 1 aromatic rings. The molecular formula is C12H17BrO3. The van der Waals surface area contributed by atoms with Crippen molar-refractivity contribution in [1.29, 1.82) is 0 Å². The third-order valence-electron chi connectivity index (χ3n) is 2.17. The lowest BCUT2D eigenvalue weighted by molar-refractivity contribution is 0.279. The van der Waals surface area contributed by atoms with Gasteiger partial charge in [-0.3, -0.25) is 0 Å². The average molecular weight is 289 g/mol. The standard InChI is InChI=1S/C12H17BrO3/c1-4-5-6-16-11-8-9(13)7-10(14-2)12(11)15-3/h7-8H,4-6H2,1-3H3. The second-order valence-corrected chi connectivity index (χ2v) is 4.26. The topological polar surface area (TPSA) is 27.7 Å². The fourth-order valence-corrected chi connectivity index (χ4v) is 1.75. The van der Waals surface area contributed by atoms with Crippen LogP contribution in [0.4, 0.5) is 0 Å². The molecule has 0 radical (unpaired) electrons. The number of halogens is 1. The van der Waals surface area contributed by atoms with Gasteiger partial charge in [-0.2, -0.15) is 0 Å². The Hall–Kier alpha value is -0.900. The summed E-state index contributed by atoms with van der Waals surface area (Å²) in [4.78, 5) is 0. The molecule has 0 aliphatic carbocycles. The zero-order valence-corrected chi connectivity index (χ0v) is 11.5. The van der Waals surface area contributed by atoms with Crippen molar-refractivity contribution in [2.75, 3.05) is 20.8 Å². The summed E-state index contributed by atoms with van der Waals surface area (Å²) in [6.07, 6.45) is 2.13. The van der Waals surface area contributed by atoms with E-state index in [0.717, 1.165) is 17.3 Å². The van der Waals surface area contributed by atoms with Crippen LogP contribution in [-0.4, -0.2) is 20.8 Å². The molecule has 3 nitrogen and oxygen atoms in total. The maximum Gasteiger partial charge on any atom is 0.203 e. The van der Waals surface area contributed by atoms with Gasteiger partial charge in [0.1, 0.15) is 0 Å². The lowest BCUT2D eigenvalue weighted by Crippen LogP contribution is -2.00. The number of methoxy groups -OCH3 is 2. The van der Waals surface area contributed by atoms with Gasteiger partial charge in [0.15, 0.2) is 11.5 Å². The van der Waals surface area contributed by atoms with E-state index < -0.39 is 0 Å². The molecule has 0 saturated heterocycles. The Morgan fingerprint density at radius 2 is 1.81 bits per heavy atom. The maximum absolute atomic E-state index is 5.66. The first-order chi connectivity index (χ1) is 7.72. The predicted octanol–water partition coefficient (Wildman–Crippen LogP) is 3.65. The van der Waals surface area contributed by atoms with Crippen molar-refractivity contribution in [3.8, 4) is 17.2 Å². The third-order valence-corrected chi connectivity index (χ3v) is 2.62. The van der Waals surface area contributed by atoms with Crippen molar-refractivity contribution >= 4 is 15.9 Å². The van der Waals surface area contributed by atoms with Crippen molar-refractivity contribution in [2.24, 2.45) is 0 Å². The van der Waals surface area contributed by atoms with Crippen LogP contribution < -0.4 is 14.2 Å². The van der Waals surface area contributed by atoms with Gasteiger partial charge < -0.3 is 14.2 Å². The Balaban J connectivity index is 2.91. The second kappa shape index (κ2) is 6.63. The van der Waals surface area contributed by atoms with Crippen LogP contribution in [0.25, 0.3) is 0 Å². The van der Waals surface area contributed by atoms with Crippen LogP contribution in [0.5, 0.6) is 17.2 Å². The van der Waals surface area contributed by atoms with Gasteiger partial charge in [-0.15, -0.1) is 0 Å². The normalized spacial score (nSPS) is 10.0. The minimum Gasteiger partial charge on any atom is -0.493 e. The van der Waals surface area contributed by atoms with E-state index in [9.17, 15) is 0 Å². The molecule has 0 fully saturated rings. The second-order valence-electron chi connectivity index (χ2n) is 3.34. The van der Waals surface area contributed by atoms with E-state index in [1.807, 2.05) is 12.1 Å². The highest BCUT2D eigenvalue weighted by molar-refractivity contribution is 9.10. The summed E-state index contributed by atoms with van der Waals surface area (Å²) in [7, 11) is 3.22. The molecule has 0 heterocycles. The Morgan fingerprint density at radius 3 is 2.38 bits per heavy atom. The molecule has 0 aliphatic rings. The van der Waals surface area contributed by atoms with Crippen LogP contribution in [0.2, 0.25) is 0 Å². The molecule has 0 N–H and O–H groups in total. The summed E-state index contributed by atoms with van der Waals surface area (Å²) < 4.78 is 17.1. The summed E-state index contributed by atoms with van der Waals surface area (Å²) in [6.45, 7) is 2.81. The molecule has 1 aromatic carbocycles. The van der Waals surface area contributed by atoms with Gasteiger partial charge in [0, 0.05) is 4.47 Å². The minimum atomic E-state index is 0.641. The molecule has 90 valence electrons. The Morgan fingerprint density at radius 1 is 1.12 bits per heavy atom. The summed E-state index contributed by atoms with van der Waals surface area (Å²) in [6, 6.07) is 3.74. The number of hydrogen-bond acceptors (Lipinski definition) is 3. The van der Waals surface area contributed by atoms with E-state index >= 15 is 0 Å². The third kappa shape index (κ3) is 3.30. The summed E-state index contributed by atoms with van der Waals surface area (Å²) >= 11 is 3.41. The Labute approximate surface area is 105 Å². The predicted molar refractivity (Wildman–Crippen MR) is 67.6 cm³/mol. The molecule has 1 rings (SSSR count). The van der Waals surface area contributed by atoms with E-state index in [1.165, 1.54) is 0 Å². The molecule has 0 unspecified atom stereocenters. The van der Waals surface area contributed by atoms with E-state index in [0.29, 0.717) is 23.9 Å². The Kier molecular flexibility index (Phi) is 5.46. The molecule has 0 aliphatic heterocycles. The highest BCUT2D eigenvalue weighted by Gasteiger charge is 2.12. The highest BCUT2D eigenvalue weighted by atomic mass is 79.9. The lowest BCUT2D eigenvalue weighted by atomic mass is 10.3. The van der Waals surface area contributed by atoms with E-state index in [4.69, 9.17) is 14.2 Å². The lowest BCUT2D eigenvalue weighted by Gasteiger charge is -2.14. The molecule has 0 saturated carbocycles. The number of benzene rings is 1. The van der Waals surface area contributed by atoms with E-state index in [2.05, 4.69) is 22.9 Å². The molecule has 0 amide bonds. The summed E-state index contributed by atoms with van der Waals surface area (Å²) in [5.41, 5.74) is 0. The van der Waals surface area contributed by atoms with Gasteiger partial charge in [0.05, 0.1) is 20.8 Å². The molecule has 0 atom stereocenters. The van der Waals surface area contributed by atoms with Crippen LogP contribution in [-0.2, 0) is 0 Å². The van der Waals surface area contributed by atoms with Crippen LogP contribution in [0.1, 0.15) is 19.8 Å². The monoisotopic (exact) mass is 288 g/mol. The van der Waals surface area contributed by atoms with Crippen LogP contribution >= 0.6 is 15.9 Å². The Bertz CT molecular complexity index is 339. The van der Waals surface area contributed by atoms with Crippen LogP contribution in [0.15, 0.2) is 16.6 Å². The zero-order chi connectivity index (χ0) is 12.0. The van der Waals surface area contributed by atoms with Crippen molar-refractivity contribution < 1.29 is 14.2 Å². The van der Waals surface area contributed by atoms with Crippen molar-refractivity contribution in [3.05, 3.63) is 16.6 Å². The quantitative estimate of drug-likeness (QED) is 0.748. The first kappa shape index (κ1) is 13.2. The van der Waals surface area contributed by atoms with Gasteiger partial charge in [0.2, 0.25) is 5.75 Å². The van der Waals surface area contributed by atoms with Gasteiger partial charge in [-0.1, -0.05) is 29.3 Å². The van der Waals surface area contributed by atoms with Gasteiger partial charge in [0.25, 0.3) is 0 Å². The molecule has 4 heteroatoms. The number of ether oxygens (including phenoxy) is 3. The number of hydrogen-bond donors (Lipinski definition) is 0. The fourth-order valence-electron chi connectivity index (χ4n) is 1.33. The maximum atomic E-state index is 5.66. The first-order valence-electron chi connectivity index (χ1n) is 5.27. The molecule has 0 spiro atoms. The SMILES string of the molecule is CCCCOc1cc(Br)cc(OC)c1OC. The first-order valence-corrected chi connectivity index (χ1v) is 6.06. The smallest absolute Gasteiger partial charge is 0.203 e. The van der Waals surface area contributed by atoms with Gasteiger partial charge >= 0.3 is 0 Å². The molecule has 0 aromatic heterocycles. The largest absolute Gasteiger partial charge is 0.493 e. The molecular weight excluding hydrogens is 272 g/mol. The zero-order valence-electron chi connectivity index (χ0n) is 9.88. The average Bonchev–Trinajstić information content (AvgIpc) is 2.28. The van der Waals surface area contributed by atoms with Gasteiger partial charge in [-0.05, 0) is 18.6 Å². The minimum absolute atomic E-state index is 0.641. The van der Waals surface area contributed by atoms with Crippen molar-refractivity contribution in [3.63, 3.8) is 0 Å². The van der Waals surface area contributed by atoms with E-state index in [-0.39, 0.29) is 0 Å². The number of unbranched alkanes of at least 4 members (excludes halogenated alkanes) is 1. The van der Waals surface area contributed by atoms with Crippen molar-refractivity contribution in [1.82, 2.24) is 0 Å².